The Hall–Kier alpha value is -1.49. The first kappa shape index (κ1) is 12.0. The van der Waals surface area contributed by atoms with E-state index in [4.69, 9.17) is 0 Å². The Morgan fingerprint density at radius 1 is 1.53 bits per heavy atom. The third kappa shape index (κ3) is 3.00. The van der Waals surface area contributed by atoms with Crippen LogP contribution in [0.5, 0.6) is 0 Å². The lowest BCUT2D eigenvalue weighted by molar-refractivity contribution is -0.385. The molecule has 4 nitrogen and oxygen atoms in total. The summed E-state index contributed by atoms with van der Waals surface area (Å²) in [6.45, 7) is 3.32. The van der Waals surface area contributed by atoms with Gasteiger partial charge in [-0.25, -0.2) is 4.39 Å². The molecule has 1 aliphatic rings. The van der Waals surface area contributed by atoms with Gasteiger partial charge in [-0.05, 0) is 30.4 Å². The van der Waals surface area contributed by atoms with Crippen LogP contribution in [-0.4, -0.2) is 11.5 Å². The summed E-state index contributed by atoms with van der Waals surface area (Å²) in [4.78, 5) is 10.3. The Bertz CT molecular complexity index is 444. The van der Waals surface area contributed by atoms with E-state index in [0.29, 0.717) is 17.5 Å². The first-order chi connectivity index (χ1) is 8.00. The molecule has 0 unspecified atom stereocenters. The van der Waals surface area contributed by atoms with Gasteiger partial charge in [0.1, 0.15) is 5.82 Å². The van der Waals surface area contributed by atoms with Gasteiger partial charge in [-0.15, -0.1) is 0 Å². The van der Waals surface area contributed by atoms with Gasteiger partial charge in [0.2, 0.25) is 0 Å². The highest BCUT2D eigenvalue weighted by Gasteiger charge is 2.36. The predicted octanol–water partition coefficient (Wildman–Crippen LogP) is 2.62. The Balaban J connectivity index is 2.02. The predicted molar refractivity (Wildman–Crippen MR) is 62.1 cm³/mol. The fraction of sp³-hybridized carbons (Fsp3) is 0.500. The number of benzene rings is 1. The number of halogens is 1. The summed E-state index contributed by atoms with van der Waals surface area (Å²) < 4.78 is 13.0. The Morgan fingerprint density at radius 2 is 2.24 bits per heavy atom. The van der Waals surface area contributed by atoms with E-state index >= 15 is 0 Å². The minimum Gasteiger partial charge on any atom is -0.312 e. The van der Waals surface area contributed by atoms with Crippen molar-refractivity contribution in [2.45, 2.75) is 26.3 Å². The van der Waals surface area contributed by atoms with Crippen molar-refractivity contribution in [3.8, 4) is 0 Å². The first-order valence-corrected chi connectivity index (χ1v) is 5.64. The molecular weight excluding hydrogens is 223 g/mol. The number of hydrogen-bond acceptors (Lipinski definition) is 3. The maximum absolute atomic E-state index is 13.0. The van der Waals surface area contributed by atoms with Gasteiger partial charge in [-0.2, -0.15) is 0 Å². The molecule has 0 saturated heterocycles. The van der Waals surface area contributed by atoms with Gasteiger partial charge in [0.05, 0.1) is 4.92 Å². The molecule has 1 saturated carbocycles. The van der Waals surface area contributed by atoms with Crippen molar-refractivity contribution in [3.05, 3.63) is 39.7 Å². The van der Waals surface area contributed by atoms with Crippen molar-refractivity contribution in [2.24, 2.45) is 5.41 Å². The molecule has 0 heterocycles. The van der Waals surface area contributed by atoms with Crippen LogP contribution >= 0.6 is 0 Å². The van der Waals surface area contributed by atoms with E-state index in [1.807, 2.05) is 0 Å². The molecule has 92 valence electrons. The fourth-order valence-electron chi connectivity index (χ4n) is 1.76. The fourth-order valence-corrected chi connectivity index (χ4v) is 1.76. The molecule has 1 fully saturated rings. The maximum atomic E-state index is 13.0. The first-order valence-electron chi connectivity index (χ1n) is 5.64. The van der Waals surface area contributed by atoms with Gasteiger partial charge in [0, 0.05) is 24.7 Å². The van der Waals surface area contributed by atoms with Crippen LogP contribution < -0.4 is 5.32 Å². The van der Waals surface area contributed by atoms with Crippen LogP contribution in [0.3, 0.4) is 0 Å². The molecule has 0 radical (unpaired) electrons. The molecule has 1 N–H and O–H groups in total. The zero-order chi connectivity index (χ0) is 12.5. The van der Waals surface area contributed by atoms with Gasteiger partial charge in [-0.3, -0.25) is 10.1 Å². The molecule has 0 spiro atoms. The van der Waals surface area contributed by atoms with E-state index in [-0.39, 0.29) is 5.69 Å². The summed E-state index contributed by atoms with van der Waals surface area (Å²) in [5, 5.41) is 13.9. The van der Waals surface area contributed by atoms with Crippen molar-refractivity contribution in [2.75, 3.05) is 6.54 Å². The molecule has 1 aliphatic carbocycles. The van der Waals surface area contributed by atoms with Crippen molar-refractivity contribution < 1.29 is 9.31 Å². The summed E-state index contributed by atoms with van der Waals surface area (Å²) in [5.41, 5.74) is 0.710. The van der Waals surface area contributed by atoms with Gasteiger partial charge in [0.15, 0.2) is 0 Å². The van der Waals surface area contributed by atoms with Crippen LogP contribution in [-0.2, 0) is 6.54 Å². The van der Waals surface area contributed by atoms with E-state index < -0.39 is 10.7 Å². The molecule has 0 aliphatic heterocycles. The molecule has 0 atom stereocenters. The highest BCUT2D eigenvalue weighted by molar-refractivity contribution is 5.40. The number of nitrogens with zero attached hydrogens (tertiary/aromatic N) is 1. The van der Waals surface area contributed by atoms with Gasteiger partial charge < -0.3 is 5.32 Å². The van der Waals surface area contributed by atoms with E-state index in [1.165, 1.54) is 25.0 Å². The van der Waals surface area contributed by atoms with Gasteiger partial charge >= 0.3 is 0 Å². The summed E-state index contributed by atoms with van der Waals surface area (Å²) >= 11 is 0. The minimum atomic E-state index is -0.477. The highest BCUT2D eigenvalue weighted by atomic mass is 19.1. The van der Waals surface area contributed by atoms with Crippen molar-refractivity contribution in [1.29, 1.82) is 0 Å². The maximum Gasteiger partial charge on any atom is 0.274 e. The van der Waals surface area contributed by atoms with Crippen molar-refractivity contribution in [3.63, 3.8) is 0 Å². The van der Waals surface area contributed by atoms with Gasteiger partial charge in [-0.1, -0.05) is 6.92 Å². The van der Waals surface area contributed by atoms with Crippen molar-refractivity contribution in [1.82, 2.24) is 5.32 Å². The Kier molecular flexibility index (Phi) is 3.11. The molecule has 0 bridgehead atoms. The Labute approximate surface area is 99.0 Å². The van der Waals surface area contributed by atoms with Crippen LogP contribution in [0.1, 0.15) is 25.3 Å². The number of nitro groups is 1. The molecule has 5 heteroatoms. The average Bonchev–Trinajstić information content (AvgIpc) is 2.96. The third-order valence-electron chi connectivity index (χ3n) is 3.21. The molecule has 17 heavy (non-hydrogen) atoms. The normalized spacial score (nSPS) is 16.8. The topological polar surface area (TPSA) is 55.2 Å². The average molecular weight is 238 g/mol. The number of nitro benzene ring substituents is 1. The lowest BCUT2D eigenvalue weighted by Gasteiger charge is -2.10. The SMILES string of the molecule is CC1(CNCc2cc(F)ccc2[N+](=O)[O-])CC1. The standard InChI is InChI=1S/C12H15FN2O2/c1-12(4-5-12)8-14-7-9-6-10(13)2-3-11(9)15(16)17/h2-3,6,14H,4-5,7-8H2,1H3. The van der Waals surface area contributed by atoms with Crippen LogP contribution in [0.15, 0.2) is 18.2 Å². The smallest absolute Gasteiger partial charge is 0.274 e. The summed E-state index contributed by atoms with van der Waals surface area (Å²) in [5.74, 6) is -0.440. The number of rotatable bonds is 5. The third-order valence-corrected chi connectivity index (χ3v) is 3.21. The number of nitrogens with one attached hydrogen (secondary N) is 1. The lowest BCUT2D eigenvalue weighted by Crippen LogP contribution is -2.22. The summed E-state index contributed by atoms with van der Waals surface area (Å²) in [6.07, 6.45) is 2.37. The second kappa shape index (κ2) is 4.41. The highest BCUT2D eigenvalue weighted by Crippen LogP contribution is 2.44. The molecular formula is C12H15FN2O2. The quantitative estimate of drug-likeness (QED) is 0.633. The second-order valence-electron chi connectivity index (χ2n) is 4.94. The monoisotopic (exact) mass is 238 g/mol. The minimum absolute atomic E-state index is 0.0279. The zero-order valence-electron chi connectivity index (χ0n) is 9.70. The van der Waals surface area contributed by atoms with E-state index in [1.54, 1.807) is 0 Å². The lowest BCUT2D eigenvalue weighted by atomic mass is 10.1. The second-order valence-corrected chi connectivity index (χ2v) is 4.94. The van der Waals surface area contributed by atoms with Crippen molar-refractivity contribution >= 4 is 5.69 Å². The molecule has 0 aromatic heterocycles. The molecule has 1 aromatic carbocycles. The number of hydrogen-bond donors (Lipinski definition) is 1. The summed E-state index contributed by atoms with van der Waals surface area (Å²) in [6, 6.07) is 3.55. The van der Waals surface area contributed by atoms with E-state index in [9.17, 15) is 14.5 Å². The van der Waals surface area contributed by atoms with E-state index in [2.05, 4.69) is 12.2 Å². The summed E-state index contributed by atoms with van der Waals surface area (Å²) in [7, 11) is 0. The van der Waals surface area contributed by atoms with E-state index in [0.717, 1.165) is 12.6 Å². The zero-order valence-corrected chi connectivity index (χ0v) is 9.70. The van der Waals surface area contributed by atoms with Crippen LogP contribution in [0.2, 0.25) is 0 Å². The molecule has 1 aromatic rings. The largest absolute Gasteiger partial charge is 0.312 e. The van der Waals surface area contributed by atoms with Crippen LogP contribution in [0.25, 0.3) is 0 Å². The van der Waals surface area contributed by atoms with Crippen LogP contribution in [0, 0.1) is 21.3 Å². The van der Waals surface area contributed by atoms with Gasteiger partial charge in [0.25, 0.3) is 5.69 Å². The Morgan fingerprint density at radius 3 is 2.82 bits per heavy atom. The molecule has 0 amide bonds. The van der Waals surface area contributed by atoms with Crippen LogP contribution in [0.4, 0.5) is 10.1 Å². The molecule has 2 rings (SSSR count).